The Morgan fingerprint density at radius 2 is 1.90 bits per heavy atom. The minimum Gasteiger partial charge on any atom is -0.493 e. The molecule has 4 heteroatoms. The van der Waals surface area contributed by atoms with Crippen molar-refractivity contribution in [2.24, 2.45) is 5.92 Å². The third-order valence-corrected chi connectivity index (χ3v) is 4.12. The number of hydrogen-bond acceptors (Lipinski definition) is 3. The molecule has 4 nitrogen and oxygen atoms in total. The van der Waals surface area contributed by atoms with Gasteiger partial charge in [0.25, 0.3) is 0 Å². The predicted molar refractivity (Wildman–Crippen MR) is 82.8 cm³/mol. The SMILES string of the molecule is COc1ccc(CCCNC(=O)C2CCCC2)cc1OC. The number of methoxy groups -OCH3 is 2. The van der Waals surface area contributed by atoms with Crippen LogP contribution in [0.15, 0.2) is 18.2 Å². The lowest BCUT2D eigenvalue weighted by Crippen LogP contribution is -2.30. The van der Waals surface area contributed by atoms with Gasteiger partial charge >= 0.3 is 0 Å². The molecule has 0 bridgehead atoms. The smallest absolute Gasteiger partial charge is 0.223 e. The third kappa shape index (κ3) is 4.38. The lowest BCUT2D eigenvalue weighted by atomic mass is 10.1. The first-order valence-corrected chi connectivity index (χ1v) is 7.73. The highest BCUT2D eigenvalue weighted by Gasteiger charge is 2.21. The van der Waals surface area contributed by atoms with E-state index < -0.39 is 0 Å². The van der Waals surface area contributed by atoms with Crippen LogP contribution in [0.1, 0.15) is 37.7 Å². The fourth-order valence-electron chi connectivity index (χ4n) is 2.87. The van der Waals surface area contributed by atoms with Gasteiger partial charge in [-0.3, -0.25) is 4.79 Å². The van der Waals surface area contributed by atoms with E-state index in [9.17, 15) is 4.79 Å². The second-order valence-corrected chi connectivity index (χ2v) is 5.57. The van der Waals surface area contributed by atoms with Crippen molar-refractivity contribution >= 4 is 5.91 Å². The largest absolute Gasteiger partial charge is 0.493 e. The van der Waals surface area contributed by atoms with Crippen molar-refractivity contribution in [2.75, 3.05) is 20.8 Å². The van der Waals surface area contributed by atoms with Crippen molar-refractivity contribution in [3.8, 4) is 11.5 Å². The number of hydrogen-bond donors (Lipinski definition) is 1. The number of ether oxygens (including phenoxy) is 2. The molecule has 0 spiro atoms. The third-order valence-electron chi connectivity index (χ3n) is 4.12. The molecule has 116 valence electrons. The molecule has 0 unspecified atom stereocenters. The Kier molecular flexibility index (Phi) is 5.90. The molecule has 1 aromatic carbocycles. The van der Waals surface area contributed by atoms with Crippen molar-refractivity contribution in [1.82, 2.24) is 5.32 Å². The molecule has 0 aliphatic heterocycles. The molecule has 1 saturated carbocycles. The molecular weight excluding hydrogens is 266 g/mol. The molecule has 0 aromatic heterocycles. The van der Waals surface area contributed by atoms with Gasteiger partial charge in [-0.15, -0.1) is 0 Å². The summed E-state index contributed by atoms with van der Waals surface area (Å²) in [5.74, 6) is 1.99. The molecule has 2 rings (SSSR count). The molecule has 0 saturated heterocycles. The molecule has 1 amide bonds. The maximum absolute atomic E-state index is 11.9. The van der Waals surface area contributed by atoms with Crippen LogP contribution in [-0.4, -0.2) is 26.7 Å². The monoisotopic (exact) mass is 291 g/mol. The van der Waals surface area contributed by atoms with E-state index in [1.165, 1.54) is 18.4 Å². The van der Waals surface area contributed by atoms with Gasteiger partial charge in [0, 0.05) is 12.5 Å². The molecular formula is C17H25NO3. The van der Waals surface area contributed by atoms with Gasteiger partial charge in [-0.05, 0) is 43.4 Å². The first-order valence-electron chi connectivity index (χ1n) is 7.73. The van der Waals surface area contributed by atoms with Crippen molar-refractivity contribution in [3.63, 3.8) is 0 Å². The van der Waals surface area contributed by atoms with E-state index in [-0.39, 0.29) is 11.8 Å². The van der Waals surface area contributed by atoms with Crippen molar-refractivity contribution in [3.05, 3.63) is 23.8 Å². The summed E-state index contributed by atoms with van der Waals surface area (Å²) in [4.78, 5) is 11.9. The highest BCUT2D eigenvalue weighted by molar-refractivity contribution is 5.78. The maximum Gasteiger partial charge on any atom is 0.223 e. The average molecular weight is 291 g/mol. The molecule has 21 heavy (non-hydrogen) atoms. The standard InChI is InChI=1S/C17H25NO3/c1-20-15-10-9-13(12-16(15)21-2)6-5-11-18-17(19)14-7-3-4-8-14/h9-10,12,14H,3-8,11H2,1-2H3,(H,18,19). The lowest BCUT2D eigenvalue weighted by molar-refractivity contribution is -0.124. The zero-order valence-corrected chi connectivity index (χ0v) is 13.0. The zero-order chi connectivity index (χ0) is 15.1. The summed E-state index contributed by atoms with van der Waals surface area (Å²) in [6, 6.07) is 5.96. The fourth-order valence-corrected chi connectivity index (χ4v) is 2.87. The van der Waals surface area contributed by atoms with Crippen LogP contribution in [0.5, 0.6) is 11.5 Å². The molecule has 0 heterocycles. The van der Waals surface area contributed by atoms with E-state index in [4.69, 9.17) is 9.47 Å². The Hall–Kier alpha value is -1.71. The molecule has 0 radical (unpaired) electrons. The first kappa shape index (κ1) is 15.7. The summed E-state index contributed by atoms with van der Waals surface area (Å²) in [6.45, 7) is 0.740. The Balaban J connectivity index is 1.74. The zero-order valence-electron chi connectivity index (χ0n) is 13.0. The summed E-state index contributed by atoms with van der Waals surface area (Å²) in [5.41, 5.74) is 1.20. The van der Waals surface area contributed by atoms with Crippen molar-refractivity contribution in [1.29, 1.82) is 0 Å². The average Bonchev–Trinajstić information content (AvgIpc) is 3.05. The van der Waals surface area contributed by atoms with Gasteiger partial charge in [0.1, 0.15) is 0 Å². The minimum atomic E-state index is 0.236. The summed E-state index contributed by atoms with van der Waals surface area (Å²) in [6.07, 6.45) is 6.37. The van der Waals surface area contributed by atoms with Gasteiger partial charge in [0.05, 0.1) is 14.2 Å². The number of aryl methyl sites for hydroxylation is 1. The van der Waals surface area contributed by atoms with Crippen LogP contribution in [0.4, 0.5) is 0 Å². The molecule has 1 N–H and O–H groups in total. The van der Waals surface area contributed by atoms with E-state index in [1.807, 2.05) is 18.2 Å². The number of carbonyl (C=O) groups excluding carboxylic acids is 1. The van der Waals surface area contributed by atoms with Crippen LogP contribution in [0.3, 0.4) is 0 Å². The van der Waals surface area contributed by atoms with Crippen molar-refractivity contribution < 1.29 is 14.3 Å². The van der Waals surface area contributed by atoms with E-state index in [0.29, 0.717) is 0 Å². The number of carbonyl (C=O) groups is 1. The van der Waals surface area contributed by atoms with Gasteiger partial charge in [0.15, 0.2) is 11.5 Å². The van der Waals surface area contributed by atoms with Gasteiger partial charge in [-0.1, -0.05) is 18.9 Å². The number of amides is 1. The van der Waals surface area contributed by atoms with Gasteiger partial charge in [-0.2, -0.15) is 0 Å². The van der Waals surface area contributed by atoms with Crippen LogP contribution < -0.4 is 14.8 Å². The maximum atomic E-state index is 11.9. The molecule has 1 fully saturated rings. The summed E-state index contributed by atoms with van der Waals surface area (Å²) >= 11 is 0. The Morgan fingerprint density at radius 3 is 2.57 bits per heavy atom. The van der Waals surface area contributed by atoms with Crippen LogP contribution in [-0.2, 0) is 11.2 Å². The second kappa shape index (κ2) is 7.91. The van der Waals surface area contributed by atoms with E-state index >= 15 is 0 Å². The summed E-state index contributed by atoms with van der Waals surface area (Å²) < 4.78 is 10.5. The molecule has 0 atom stereocenters. The second-order valence-electron chi connectivity index (χ2n) is 5.57. The Morgan fingerprint density at radius 1 is 1.19 bits per heavy atom. The molecule has 1 aliphatic carbocycles. The predicted octanol–water partition coefficient (Wildman–Crippen LogP) is 2.94. The Bertz CT molecular complexity index is 467. The minimum absolute atomic E-state index is 0.236. The van der Waals surface area contributed by atoms with E-state index in [0.717, 1.165) is 43.7 Å². The summed E-state index contributed by atoms with van der Waals surface area (Å²) in [5, 5.41) is 3.05. The quantitative estimate of drug-likeness (QED) is 0.786. The lowest BCUT2D eigenvalue weighted by Gasteiger charge is -2.11. The molecule has 1 aromatic rings. The highest BCUT2D eigenvalue weighted by Crippen LogP contribution is 2.28. The van der Waals surface area contributed by atoms with Crippen LogP contribution in [0.25, 0.3) is 0 Å². The van der Waals surface area contributed by atoms with Crippen LogP contribution >= 0.6 is 0 Å². The van der Waals surface area contributed by atoms with Gasteiger partial charge in [-0.25, -0.2) is 0 Å². The normalized spacial score (nSPS) is 15.0. The fraction of sp³-hybridized carbons (Fsp3) is 0.588. The van der Waals surface area contributed by atoms with Gasteiger partial charge in [0.2, 0.25) is 5.91 Å². The number of nitrogens with one attached hydrogen (secondary N) is 1. The van der Waals surface area contributed by atoms with E-state index in [2.05, 4.69) is 5.32 Å². The van der Waals surface area contributed by atoms with Crippen LogP contribution in [0.2, 0.25) is 0 Å². The number of rotatable bonds is 7. The summed E-state index contributed by atoms with van der Waals surface area (Å²) in [7, 11) is 3.28. The van der Waals surface area contributed by atoms with Crippen molar-refractivity contribution in [2.45, 2.75) is 38.5 Å². The van der Waals surface area contributed by atoms with Crippen LogP contribution in [0, 0.1) is 5.92 Å². The highest BCUT2D eigenvalue weighted by atomic mass is 16.5. The molecule has 1 aliphatic rings. The Labute approximate surface area is 126 Å². The first-order chi connectivity index (χ1) is 10.2. The van der Waals surface area contributed by atoms with Gasteiger partial charge < -0.3 is 14.8 Å². The topological polar surface area (TPSA) is 47.6 Å². The number of benzene rings is 1. The van der Waals surface area contributed by atoms with E-state index in [1.54, 1.807) is 14.2 Å².